The van der Waals surface area contributed by atoms with Gasteiger partial charge in [0.15, 0.2) is 0 Å². The summed E-state index contributed by atoms with van der Waals surface area (Å²) in [5.74, 6) is -0.0753. The summed E-state index contributed by atoms with van der Waals surface area (Å²) in [6, 6.07) is 7.68. The smallest absolute Gasteiger partial charge is 0.223 e. The van der Waals surface area contributed by atoms with Crippen molar-refractivity contribution in [3.05, 3.63) is 34.9 Å². The van der Waals surface area contributed by atoms with Gasteiger partial charge in [-0.25, -0.2) is 0 Å². The third kappa shape index (κ3) is 4.85. The van der Waals surface area contributed by atoms with E-state index >= 15 is 0 Å². The Balaban J connectivity index is 0.00000220. The molecule has 0 aromatic heterocycles. The number of nitrogens with one attached hydrogen (secondary N) is 2. The van der Waals surface area contributed by atoms with Crippen molar-refractivity contribution < 1.29 is 9.53 Å². The van der Waals surface area contributed by atoms with Crippen molar-refractivity contribution in [3.63, 3.8) is 0 Å². The lowest BCUT2D eigenvalue weighted by atomic mass is 10.00. The Labute approximate surface area is 137 Å². The monoisotopic (exact) mass is 332 g/mol. The van der Waals surface area contributed by atoms with E-state index in [9.17, 15) is 4.79 Å². The van der Waals surface area contributed by atoms with Gasteiger partial charge in [-0.15, -0.1) is 12.4 Å². The molecule has 2 rings (SSSR count). The summed E-state index contributed by atoms with van der Waals surface area (Å²) in [5.41, 5.74) is 1.00. The number of benzene rings is 1. The molecule has 0 aliphatic carbocycles. The van der Waals surface area contributed by atoms with Crippen molar-refractivity contribution in [2.24, 2.45) is 5.92 Å². The first-order chi connectivity index (χ1) is 9.61. The van der Waals surface area contributed by atoms with Gasteiger partial charge >= 0.3 is 0 Å². The van der Waals surface area contributed by atoms with Gasteiger partial charge < -0.3 is 15.4 Å². The van der Waals surface area contributed by atoms with E-state index in [2.05, 4.69) is 10.6 Å². The van der Waals surface area contributed by atoms with Crippen LogP contribution >= 0.6 is 24.0 Å². The SMILES string of the molecule is CO[C@H]1CNCC1NC(=O)C(C)Cc1ccccc1Cl.Cl. The van der Waals surface area contributed by atoms with Crippen LogP contribution in [0.4, 0.5) is 0 Å². The predicted octanol–water partition coefficient (Wildman–Crippen LogP) is 2.04. The maximum absolute atomic E-state index is 12.2. The lowest BCUT2D eigenvalue weighted by Crippen LogP contribution is -2.45. The Bertz CT molecular complexity index is 471. The van der Waals surface area contributed by atoms with E-state index in [0.717, 1.165) is 18.7 Å². The number of carbonyl (C=O) groups is 1. The lowest BCUT2D eigenvalue weighted by Gasteiger charge is -2.21. The average Bonchev–Trinajstić information content (AvgIpc) is 2.88. The summed E-state index contributed by atoms with van der Waals surface area (Å²) in [4.78, 5) is 12.2. The third-order valence-corrected chi connectivity index (χ3v) is 4.09. The van der Waals surface area contributed by atoms with Gasteiger partial charge in [-0.2, -0.15) is 0 Å². The maximum Gasteiger partial charge on any atom is 0.223 e. The fourth-order valence-electron chi connectivity index (χ4n) is 2.46. The zero-order valence-electron chi connectivity index (χ0n) is 12.3. The van der Waals surface area contributed by atoms with Gasteiger partial charge in [0.1, 0.15) is 0 Å². The van der Waals surface area contributed by atoms with Crippen LogP contribution in [0.2, 0.25) is 5.02 Å². The molecule has 2 N–H and O–H groups in total. The summed E-state index contributed by atoms with van der Waals surface area (Å²) in [6.45, 7) is 3.45. The number of hydrogen-bond acceptors (Lipinski definition) is 3. The molecule has 0 saturated carbocycles. The van der Waals surface area contributed by atoms with E-state index in [1.165, 1.54) is 0 Å². The molecule has 0 radical (unpaired) electrons. The summed E-state index contributed by atoms with van der Waals surface area (Å²) < 4.78 is 5.34. The van der Waals surface area contributed by atoms with Crippen LogP contribution < -0.4 is 10.6 Å². The molecule has 21 heavy (non-hydrogen) atoms. The molecule has 1 amide bonds. The van der Waals surface area contributed by atoms with Crippen LogP contribution in [0, 0.1) is 5.92 Å². The number of methoxy groups -OCH3 is 1. The fourth-order valence-corrected chi connectivity index (χ4v) is 2.67. The second-order valence-corrected chi connectivity index (χ2v) is 5.65. The molecule has 2 unspecified atom stereocenters. The quantitative estimate of drug-likeness (QED) is 0.867. The van der Waals surface area contributed by atoms with E-state index in [4.69, 9.17) is 16.3 Å². The van der Waals surface area contributed by atoms with Gasteiger partial charge in [0.05, 0.1) is 12.1 Å². The summed E-state index contributed by atoms with van der Waals surface area (Å²) in [7, 11) is 1.67. The van der Waals surface area contributed by atoms with Crippen LogP contribution in [0.15, 0.2) is 24.3 Å². The second-order valence-electron chi connectivity index (χ2n) is 5.24. The van der Waals surface area contributed by atoms with Gasteiger partial charge in [0, 0.05) is 31.1 Å². The highest BCUT2D eigenvalue weighted by molar-refractivity contribution is 6.31. The predicted molar refractivity (Wildman–Crippen MR) is 87.2 cm³/mol. The van der Waals surface area contributed by atoms with Gasteiger partial charge in [-0.1, -0.05) is 36.7 Å². The average molecular weight is 333 g/mol. The largest absolute Gasteiger partial charge is 0.378 e. The van der Waals surface area contributed by atoms with E-state index < -0.39 is 0 Å². The summed E-state index contributed by atoms with van der Waals surface area (Å²) in [6.07, 6.45) is 0.690. The van der Waals surface area contributed by atoms with Crippen molar-refractivity contribution in [2.45, 2.75) is 25.5 Å². The van der Waals surface area contributed by atoms with Crippen LogP contribution in [0.25, 0.3) is 0 Å². The second kappa shape index (κ2) is 8.59. The Kier molecular flexibility index (Phi) is 7.46. The molecule has 1 heterocycles. The van der Waals surface area contributed by atoms with Crippen LogP contribution in [0.3, 0.4) is 0 Å². The highest BCUT2D eigenvalue weighted by Gasteiger charge is 2.29. The first kappa shape index (κ1) is 18.2. The molecule has 3 atom stereocenters. The molecule has 1 fully saturated rings. The van der Waals surface area contributed by atoms with Gasteiger partial charge in [0.25, 0.3) is 0 Å². The van der Waals surface area contributed by atoms with E-state index in [-0.39, 0.29) is 36.4 Å². The molecular weight excluding hydrogens is 311 g/mol. The van der Waals surface area contributed by atoms with Crippen molar-refractivity contribution in [2.75, 3.05) is 20.2 Å². The Morgan fingerprint density at radius 3 is 2.86 bits per heavy atom. The summed E-state index contributed by atoms with van der Waals surface area (Å²) in [5, 5.41) is 6.98. The fraction of sp³-hybridized carbons (Fsp3) is 0.533. The Hall–Kier alpha value is -0.810. The maximum atomic E-state index is 12.2. The minimum atomic E-state index is -0.118. The van der Waals surface area contributed by atoms with E-state index in [1.807, 2.05) is 31.2 Å². The highest BCUT2D eigenvalue weighted by atomic mass is 35.5. The van der Waals surface area contributed by atoms with Gasteiger partial charge in [-0.05, 0) is 18.1 Å². The molecule has 0 spiro atoms. The minimum Gasteiger partial charge on any atom is -0.378 e. The van der Waals surface area contributed by atoms with Crippen molar-refractivity contribution in [1.82, 2.24) is 10.6 Å². The van der Waals surface area contributed by atoms with Gasteiger partial charge in [-0.3, -0.25) is 4.79 Å². The number of carbonyl (C=O) groups excluding carboxylic acids is 1. The number of hydrogen-bond donors (Lipinski definition) is 2. The van der Waals surface area contributed by atoms with E-state index in [0.29, 0.717) is 11.4 Å². The molecule has 1 aliphatic rings. The lowest BCUT2D eigenvalue weighted by molar-refractivity contribution is -0.125. The molecule has 4 nitrogen and oxygen atoms in total. The molecule has 1 saturated heterocycles. The minimum absolute atomic E-state index is 0. The third-order valence-electron chi connectivity index (χ3n) is 3.72. The van der Waals surface area contributed by atoms with Crippen LogP contribution in [0.1, 0.15) is 12.5 Å². The molecule has 1 aromatic rings. The molecule has 1 aliphatic heterocycles. The summed E-state index contributed by atoms with van der Waals surface area (Å²) >= 11 is 6.13. The number of ether oxygens (including phenoxy) is 1. The Morgan fingerprint density at radius 2 is 2.19 bits per heavy atom. The van der Waals surface area contributed by atoms with Crippen LogP contribution in [-0.4, -0.2) is 38.3 Å². The normalized spacial score (nSPS) is 22.4. The number of halogens is 2. The molecule has 6 heteroatoms. The van der Waals surface area contributed by atoms with Crippen LogP contribution in [-0.2, 0) is 16.0 Å². The standard InChI is InChI=1S/C15H21ClN2O2.ClH/c1-10(7-11-5-3-4-6-12(11)16)15(19)18-13-8-17-9-14(13)20-2;/h3-6,10,13-14,17H,7-9H2,1-2H3,(H,18,19);1H/t10?,13?,14-;/m0./s1. The molecule has 1 aromatic carbocycles. The zero-order chi connectivity index (χ0) is 14.5. The van der Waals surface area contributed by atoms with E-state index in [1.54, 1.807) is 7.11 Å². The first-order valence-electron chi connectivity index (χ1n) is 6.89. The van der Waals surface area contributed by atoms with Crippen molar-refractivity contribution >= 4 is 29.9 Å². The highest BCUT2D eigenvalue weighted by Crippen LogP contribution is 2.19. The first-order valence-corrected chi connectivity index (χ1v) is 7.27. The van der Waals surface area contributed by atoms with Gasteiger partial charge in [0.2, 0.25) is 5.91 Å². The Morgan fingerprint density at radius 1 is 1.48 bits per heavy atom. The zero-order valence-corrected chi connectivity index (χ0v) is 13.8. The molecule has 0 bridgehead atoms. The van der Waals surface area contributed by atoms with Crippen molar-refractivity contribution in [3.8, 4) is 0 Å². The topological polar surface area (TPSA) is 50.4 Å². The molecular formula is C15H22Cl2N2O2. The molecule has 118 valence electrons. The van der Waals surface area contributed by atoms with Crippen LogP contribution in [0.5, 0.6) is 0 Å². The number of rotatable bonds is 5. The van der Waals surface area contributed by atoms with Crippen molar-refractivity contribution in [1.29, 1.82) is 0 Å². The number of amides is 1.